The van der Waals surface area contributed by atoms with Crippen molar-refractivity contribution in [1.82, 2.24) is 0 Å². The summed E-state index contributed by atoms with van der Waals surface area (Å²) in [5.41, 5.74) is 0. The molecule has 0 heterocycles. The highest BCUT2D eigenvalue weighted by atomic mass is 16.6. The van der Waals surface area contributed by atoms with Crippen LogP contribution in [0.2, 0.25) is 0 Å². The minimum absolute atomic E-state index is 0.110. The number of allylic oxidation sites excluding steroid dienone is 16. The van der Waals surface area contributed by atoms with Crippen LogP contribution < -0.4 is 0 Å². The molecule has 0 aromatic heterocycles. The summed E-state index contributed by atoms with van der Waals surface area (Å²) in [5, 5.41) is 0. The fourth-order valence-corrected chi connectivity index (χ4v) is 6.32. The summed E-state index contributed by atoms with van der Waals surface area (Å²) in [5.74, 6) is -0.991. The Labute approximate surface area is 375 Å². The van der Waals surface area contributed by atoms with Gasteiger partial charge in [-0.3, -0.25) is 14.4 Å². The van der Waals surface area contributed by atoms with E-state index >= 15 is 0 Å². The van der Waals surface area contributed by atoms with Crippen molar-refractivity contribution in [3.05, 3.63) is 97.2 Å². The lowest BCUT2D eigenvalue weighted by atomic mass is 10.1. The molecule has 0 aromatic rings. The minimum atomic E-state index is -0.809. The molecule has 0 saturated heterocycles. The molecular formula is C55H90O6. The molecule has 0 radical (unpaired) electrons. The number of ether oxygens (including phenoxy) is 3. The summed E-state index contributed by atoms with van der Waals surface area (Å²) < 4.78 is 16.7. The number of carbonyl (C=O) groups excluding carboxylic acids is 3. The van der Waals surface area contributed by atoms with Crippen LogP contribution in [0, 0.1) is 0 Å². The van der Waals surface area contributed by atoms with E-state index in [-0.39, 0.29) is 31.1 Å². The van der Waals surface area contributed by atoms with E-state index in [2.05, 4.69) is 118 Å². The summed E-state index contributed by atoms with van der Waals surface area (Å²) in [6.45, 7) is 6.38. The van der Waals surface area contributed by atoms with Gasteiger partial charge in [0.15, 0.2) is 6.10 Å². The van der Waals surface area contributed by atoms with Gasteiger partial charge in [0.25, 0.3) is 0 Å². The van der Waals surface area contributed by atoms with Crippen LogP contribution in [0.25, 0.3) is 0 Å². The fraction of sp³-hybridized carbons (Fsp3) is 0.655. The highest BCUT2D eigenvalue weighted by Gasteiger charge is 2.19. The van der Waals surface area contributed by atoms with Crippen LogP contribution in [0.3, 0.4) is 0 Å². The second-order valence-electron chi connectivity index (χ2n) is 16.0. The first kappa shape index (κ1) is 57.3. The standard InChI is InChI=1S/C55H90O6/c1-4-7-10-13-16-19-22-24-25-26-27-28-29-31-33-36-39-42-45-48-54(57)60-51-52(50-59-53(56)47-44-41-38-35-32-21-18-15-12-9-6-3)61-55(58)49-46-43-40-37-34-30-23-20-17-14-11-8-5-2/h7,10,15-16,18-19,21,24-25,27-28,30-34,52H,4-6,8-9,11-14,17,20,22-23,26,29,35-51H2,1-3H3/b10-7-,18-15-,19-16-,25-24-,28-27-,32-21-,33-31-,34-30-. The maximum absolute atomic E-state index is 12.7. The highest BCUT2D eigenvalue weighted by molar-refractivity contribution is 5.71. The van der Waals surface area contributed by atoms with Crippen LogP contribution in [0.4, 0.5) is 0 Å². The Morgan fingerprint density at radius 2 is 0.705 bits per heavy atom. The fourth-order valence-electron chi connectivity index (χ4n) is 6.32. The normalized spacial score (nSPS) is 12.9. The average molecular weight is 847 g/mol. The first-order valence-corrected chi connectivity index (χ1v) is 24.8. The van der Waals surface area contributed by atoms with Gasteiger partial charge < -0.3 is 14.2 Å². The van der Waals surface area contributed by atoms with E-state index in [1.54, 1.807) is 0 Å². The average Bonchev–Trinajstić information content (AvgIpc) is 3.26. The van der Waals surface area contributed by atoms with Gasteiger partial charge in [-0.25, -0.2) is 0 Å². The Bertz CT molecular complexity index is 1250. The number of carbonyl (C=O) groups is 3. The molecule has 61 heavy (non-hydrogen) atoms. The van der Waals surface area contributed by atoms with Gasteiger partial charge in [-0.05, 0) is 109 Å². The first-order chi connectivity index (χ1) is 30.0. The van der Waals surface area contributed by atoms with Crippen LogP contribution in [0.5, 0.6) is 0 Å². The van der Waals surface area contributed by atoms with Crippen LogP contribution in [-0.4, -0.2) is 37.2 Å². The van der Waals surface area contributed by atoms with Gasteiger partial charge in [-0.15, -0.1) is 0 Å². The van der Waals surface area contributed by atoms with Crippen molar-refractivity contribution in [2.24, 2.45) is 0 Å². The van der Waals surface area contributed by atoms with Crippen molar-refractivity contribution >= 4 is 17.9 Å². The summed E-state index contributed by atoms with van der Waals surface area (Å²) in [6.07, 6.45) is 63.9. The molecule has 1 atom stereocenters. The summed E-state index contributed by atoms with van der Waals surface area (Å²) >= 11 is 0. The number of rotatable bonds is 43. The van der Waals surface area contributed by atoms with Gasteiger partial charge in [0.05, 0.1) is 0 Å². The third-order valence-corrected chi connectivity index (χ3v) is 10.1. The molecule has 0 aromatic carbocycles. The van der Waals surface area contributed by atoms with E-state index in [9.17, 15) is 14.4 Å². The molecule has 6 nitrogen and oxygen atoms in total. The molecular weight excluding hydrogens is 757 g/mol. The van der Waals surface area contributed by atoms with Crippen molar-refractivity contribution in [2.75, 3.05) is 13.2 Å². The van der Waals surface area contributed by atoms with Crippen LogP contribution >= 0.6 is 0 Å². The first-order valence-electron chi connectivity index (χ1n) is 24.8. The molecule has 1 unspecified atom stereocenters. The number of esters is 3. The Morgan fingerprint density at radius 3 is 1.16 bits per heavy atom. The zero-order chi connectivity index (χ0) is 44.4. The van der Waals surface area contributed by atoms with E-state index in [0.717, 1.165) is 122 Å². The zero-order valence-electron chi connectivity index (χ0n) is 39.4. The molecule has 0 N–H and O–H groups in total. The van der Waals surface area contributed by atoms with Crippen molar-refractivity contribution in [3.8, 4) is 0 Å². The lowest BCUT2D eigenvalue weighted by Crippen LogP contribution is -2.30. The molecule has 0 saturated carbocycles. The molecule has 0 aliphatic rings. The van der Waals surface area contributed by atoms with E-state index < -0.39 is 6.10 Å². The molecule has 6 heteroatoms. The van der Waals surface area contributed by atoms with Gasteiger partial charge in [-0.1, -0.05) is 182 Å². The van der Waals surface area contributed by atoms with E-state index in [1.165, 1.54) is 51.4 Å². The second kappa shape index (κ2) is 49.0. The Hall–Kier alpha value is -3.67. The van der Waals surface area contributed by atoms with Crippen molar-refractivity contribution in [3.63, 3.8) is 0 Å². The largest absolute Gasteiger partial charge is 0.462 e. The van der Waals surface area contributed by atoms with Crippen LogP contribution in [0.1, 0.15) is 213 Å². The summed E-state index contributed by atoms with van der Waals surface area (Å²) in [7, 11) is 0. The van der Waals surface area contributed by atoms with Gasteiger partial charge in [0.1, 0.15) is 13.2 Å². The van der Waals surface area contributed by atoms with Crippen molar-refractivity contribution in [1.29, 1.82) is 0 Å². The summed E-state index contributed by atoms with van der Waals surface area (Å²) in [6, 6.07) is 0. The minimum Gasteiger partial charge on any atom is -0.462 e. The van der Waals surface area contributed by atoms with E-state index in [1.807, 2.05) is 0 Å². The molecule has 0 fully saturated rings. The lowest BCUT2D eigenvalue weighted by molar-refractivity contribution is -0.167. The van der Waals surface area contributed by atoms with E-state index in [4.69, 9.17) is 14.2 Å². The third kappa shape index (κ3) is 47.2. The molecule has 0 aliphatic heterocycles. The molecule has 0 bridgehead atoms. The van der Waals surface area contributed by atoms with Crippen molar-refractivity contribution in [2.45, 2.75) is 219 Å². The van der Waals surface area contributed by atoms with Crippen LogP contribution in [0.15, 0.2) is 97.2 Å². The predicted octanol–water partition coefficient (Wildman–Crippen LogP) is 16.2. The monoisotopic (exact) mass is 847 g/mol. The topological polar surface area (TPSA) is 78.9 Å². The Morgan fingerprint density at radius 1 is 0.361 bits per heavy atom. The zero-order valence-corrected chi connectivity index (χ0v) is 39.4. The SMILES string of the molecule is CC/C=C\C/C=C\C/C=C\C/C=C\C/C=C\CCCCCC(=O)OCC(COC(=O)CCCCC/C=C\C=C/CCCC)OC(=O)CCCCC/C=C\CCCCCCCC. The smallest absolute Gasteiger partial charge is 0.306 e. The predicted molar refractivity (Wildman–Crippen MR) is 260 cm³/mol. The maximum Gasteiger partial charge on any atom is 0.306 e. The molecule has 0 amide bonds. The van der Waals surface area contributed by atoms with Gasteiger partial charge >= 0.3 is 17.9 Å². The summed E-state index contributed by atoms with van der Waals surface area (Å²) in [4.78, 5) is 37.8. The number of hydrogen-bond acceptors (Lipinski definition) is 6. The second-order valence-corrected chi connectivity index (χ2v) is 16.0. The quantitative estimate of drug-likeness (QED) is 0.0200. The van der Waals surface area contributed by atoms with Crippen LogP contribution in [-0.2, 0) is 28.6 Å². The van der Waals surface area contributed by atoms with E-state index in [0.29, 0.717) is 19.3 Å². The molecule has 0 rings (SSSR count). The molecule has 0 spiro atoms. The van der Waals surface area contributed by atoms with Crippen molar-refractivity contribution < 1.29 is 28.6 Å². The number of hydrogen-bond donors (Lipinski definition) is 0. The van der Waals surface area contributed by atoms with Gasteiger partial charge in [0.2, 0.25) is 0 Å². The number of unbranched alkanes of at least 4 members (excludes halogenated alkanes) is 17. The lowest BCUT2D eigenvalue weighted by Gasteiger charge is -2.18. The van der Waals surface area contributed by atoms with Gasteiger partial charge in [-0.2, -0.15) is 0 Å². The molecule has 346 valence electrons. The Kier molecular flexibility index (Phi) is 46.0. The molecule has 0 aliphatic carbocycles. The van der Waals surface area contributed by atoms with Gasteiger partial charge in [0, 0.05) is 19.3 Å². The maximum atomic E-state index is 12.7. The Balaban J connectivity index is 4.48. The highest BCUT2D eigenvalue weighted by Crippen LogP contribution is 2.12. The third-order valence-electron chi connectivity index (χ3n) is 10.1.